The van der Waals surface area contributed by atoms with Gasteiger partial charge < -0.3 is 14.8 Å². The van der Waals surface area contributed by atoms with E-state index in [2.05, 4.69) is 5.32 Å². The largest absolute Gasteiger partial charge is 0.493 e. The Morgan fingerprint density at radius 1 is 1.11 bits per heavy atom. The highest BCUT2D eigenvalue weighted by Crippen LogP contribution is 2.42. The second kappa shape index (κ2) is 8.79. The van der Waals surface area contributed by atoms with Crippen molar-refractivity contribution in [3.05, 3.63) is 99.1 Å². The summed E-state index contributed by atoms with van der Waals surface area (Å²) in [5, 5.41) is 2.70. The highest BCUT2D eigenvalue weighted by molar-refractivity contribution is 5.90. The number of halogens is 1. The zero-order valence-electron chi connectivity index (χ0n) is 19.6. The number of carbonyl (C=O) groups is 1. The summed E-state index contributed by atoms with van der Waals surface area (Å²) < 4.78 is 28.3. The first-order chi connectivity index (χ1) is 16.9. The highest BCUT2D eigenvalue weighted by atomic mass is 19.1. The summed E-state index contributed by atoms with van der Waals surface area (Å²) in [6, 6.07) is 16.9. The van der Waals surface area contributed by atoms with Gasteiger partial charge in [0.1, 0.15) is 12.4 Å². The van der Waals surface area contributed by atoms with Crippen LogP contribution in [0.4, 0.5) is 10.1 Å². The maximum atomic E-state index is 13.7. The number of hydrogen-bond donors (Lipinski definition) is 1. The molecule has 5 rings (SSSR count). The van der Waals surface area contributed by atoms with E-state index in [1.807, 2.05) is 44.2 Å². The Hall–Kier alpha value is -4.33. The number of anilines is 1. The Balaban J connectivity index is 1.63. The molecule has 0 aliphatic carbocycles. The van der Waals surface area contributed by atoms with Gasteiger partial charge in [-0.15, -0.1) is 0 Å². The number of aryl methyl sites for hydroxylation is 2. The molecule has 35 heavy (non-hydrogen) atoms. The molecule has 3 aromatic carbocycles. The van der Waals surface area contributed by atoms with Crippen molar-refractivity contribution in [2.45, 2.75) is 26.8 Å². The fourth-order valence-electron chi connectivity index (χ4n) is 4.43. The number of carbonyl (C=O) groups excluding carboxylic acids is 1. The molecule has 2 heterocycles. The first-order valence-electron chi connectivity index (χ1n) is 11.2. The van der Waals surface area contributed by atoms with E-state index < -0.39 is 11.7 Å². The summed E-state index contributed by atoms with van der Waals surface area (Å²) in [6.45, 7) is 3.66. The molecule has 8 heteroatoms. The van der Waals surface area contributed by atoms with Gasteiger partial charge in [-0.25, -0.2) is 13.8 Å². The summed E-state index contributed by atoms with van der Waals surface area (Å²) in [4.78, 5) is 26.7. The molecule has 0 unspecified atom stereocenters. The predicted octanol–water partition coefficient (Wildman–Crippen LogP) is 4.74. The van der Waals surface area contributed by atoms with Crippen LogP contribution in [-0.2, 0) is 17.8 Å². The summed E-state index contributed by atoms with van der Waals surface area (Å²) in [6.07, 6.45) is 0.337. The van der Waals surface area contributed by atoms with Crippen molar-refractivity contribution in [1.29, 1.82) is 0 Å². The summed E-state index contributed by atoms with van der Waals surface area (Å²) >= 11 is 0. The lowest BCUT2D eigenvalue weighted by atomic mass is 10.0. The van der Waals surface area contributed by atoms with Crippen molar-refractivity contribution >= 4 is 11.6 Å². The number of nitrogens with one attached hydrogen (secondary N) is 1. The molecule has 178 valence electrons. The molecule has 7 nitrogen and oxygen atoms in total. The van der Waals surface area contributed by atoms with E-state index in [4.69, 9.17) is 9.47 Å². The highest BCUT2D eigenvalue weighted by Gasteiger charge is 2.31. The Labute approximate surface area is 201 Å². The number of benzene rings is 3. The maximum absolute atomic E-state index is 13.7. The van der Waals surface area contributed by atoms with Gasteiger partial charge in [-0.05, 0) is 49.7 Å². The lowest BCUT2D eigenvalue weighted by molar-refractivity contribution is -0.117. The van der Waals surface area contributed by atoms with E-state index in [9.17, 15) is 14.0 Å². The summed E-state index contributed by atoms with van der Waals surface area (Å²) in [7, 11) is 1.55. The number of ether oxygens (including phenoxy) is 2. The van der Waals surface area contributed by atoms with E-state index in [0.717, 1.165) is 16.7 Å². The van der Waals surface area contributed by atoms with Crippen LogP contribution in [0.5, 0.6) is 17.4 Å². The third-order valence-electron chi connectivity index (χ3n) is 6.01. The van der Waals surface area contributed by atoms with Gasteiger partial charge in [-0.1, -0.05) is 35.9 Å². The van der Waals surface area contributed by atoms with Gasteiger partial charge in [0.15, 0.2) is 11.5 Å². The number of amides is 1. The molecule has 0 saturated heterocycles. The number of fused-ring (bicyclic) bond motifs is 2. The molecular weight excluding hydrogens is 449 g/mol. The first-order valence-corrected chi connectivity index (χ1v) is 11.2. The normalized spacial score (nSPS) is 11.9. The molecule has 1 N–H and O–H groups in total. The molecule has 1 aromatic heterocycles. The molecule has 1 aliphatic heterocycles. The number of hydrogen-bond acceptors (Lipinski definition) is 4. The van der Waals surface area contributed by atoms with Gasteiger partial charge >= 0.3 is 0 Å². The number of methoxy groups -OCH3 is 1. The molecule has 1 amide bonds. The number of para-hydroxylation sites is 1. The molecule has 0 saturated carbocycles. The van der Waals surface area contributed by atoms with E-state index in [1.165, 1.54) is 27.6 Å². The predicted molar refractivity (Wildman–Crippen MR) is 130 cm³/mol. The van der Waals surface area contributed by atoms with E-state index in [-0.39, 0.29) is 18.0 Å². The molecule has 4 aromatic rings. The van der Waals surface area contributed by atoms with Gasteiger partial charge in [0.25, 0.3) is 5.56 Å². The quantitative estimate of drug-likeness (QED) is 0.400. The van der Waals surface area contributed by atoms with Gasteiger partial charge in [0.05, 0.1) is 18.4 Å². The van der Waals surface area contributed by atoms with Gasteiger partial charge in [0, 0.05) is 17.7 Å². The van der Waals surface area contributed by atoms with Crippen LogP contribution in [0.1, 0.15) is 22.3 Å². The molecule has 0 spiro atoms. The van der Waals surface area contributed by atoms with Crippen LogP contribution >= 0.6 is 0 Å². The molecule has 0 fully saturated rings. The summed E-state index contributed by atoms with van der Waals surface area (Å²) in [5.74, 6) is 0.443. The standard InChI is InChI=1S/C27H24FN3O4/c1-16-10-11-22(17(2)12-16)31-26(33)21-13-18-6-4-9-23(34-3)25(18)35-27(21)30(31)15-24(32)29-20-8-5-7-19(28)14-20/h4-12,14H,13,15H2,1-3H3,(H,29,32). The van der Waals surface area contributed by atoms with Crippen LogP contribution in [0.3, 0.4) is 0 Å². The van der Waals surface area contributed by atoms with E-state index in [1.54, 1.807) is 19.2 Å². The second-order valence-corrected chi connectivity index (χ2v) is 8.53. The maximum Gasteiger partial charge on any atom is 0.278 e. The summed E-state index contributed by atoms with van der Waals surface area (Å²) in [5.41, 5.74) is 3.91. The SMILES string of the molecule is COc1cccc2c1Oc1c(c(=O)n(-c3ccc(C)cc3C)n1CC(=O)Nc1cccc(F)c1)C2. The minimum atomic E-state index is -0.458. The van der Waals surface area contributed by atoms with Crippen LogP contribution in [0.25, 0.3) is 5.69 Å². The van der Waals surface area contributed by atoms with Crippen molar-refractivity contribution in [1.82, 2.24) is 9.36 Å². The molecule has 0 radical (unpaired) electrons. The third kappa shape index (κ3) is 4.07. The van der Waals surface area contributed by atoms with Crippen molar-refractivity contribution in [3.63, 3.8) is 0 Å². The van der Waals surface area contributed by atoms with E-state index in [0.29, 0.717) is 34.9 Å². The molecule has 0 atom stereocenters. The van der Waals surface area contributed by atoms with Crippen molar-refractivity contribution in [3.8, 4) is 23.1 Å². The zero-order chi connectivity index (χ0) is 24.7. The van der Waals surface area contributed by atoms with Gasteiger partial charge in [0.2, 0.25) is 11.8 Å². The number of aromatic nitrogens is 2. The fraction of sp³-hybridized carbons (Fsp3) is 0.185. The Morgan fingerprint density at radius 3 is 2.66 bits per heavy atom. The Bertz CT molecular complexity index is 1520. The lowest BCUT2D eigenvalue weighted by Gasteiger charge is -2.21. The fourth-order valence-corrected chi connectivity index (χ4v) is 4.43. The number of nitrogens with zero attached hydrogens (tertiary/aromatic N) is 2. The minimum absolute atomic E-state index is 0.223. The smallest absolute Gasteiger partial charge is 0.278 e. The van der Waals surface area contributed by atoms with Crippen molar-refractivity contribution in [2.24, 2.45) is 0 Å². The monoisotopic (exact) mass is 473 g/mol. The van der Waals surface area contributed by atoms with Crippen LogP contribution in [0.15, 0.2) is 65.5 Å². The van der Waals surface area contributed by atoms with Crippen molar-refractivity contribution < 1.29 is 18.7 Å². The van der Waals surface area contributed by atoms with Crippen LogP contribution in [-0.4, -0.2) is 22.4 Å². The van der Waals surface area contributed by atoms with Crippen molar-refractivity contribution in [2.75, 3.05) is 12.4 Å². The van der Waals surface area contributed by atoms with Crippen LogP contribution < -0.4 is 20.3 Å². The Kier molecular flexibility index (Phi) is 5.64. The molecule has 0 bridgehead atoms. The average Bonchev–Trinajstić information content (AvgIpc) is 3.08. The third-order valence-corrected chi connectivity index (χ3v) is 6.01. The zero-order valence-corrected chi connectivity index (χ0v) is 19.6. The molecule has 1 aliphatic rings. The number of rotatable bonds is 5. The molecular formula is C27H24FN3O4. The lowest BCUT2D eigenvalue weighted by Crippen LogP contribution is -2.28. The van der Waals surface area contributed by atoms with Gasteiger partial charge in [-0.2, -0.15) is 0 Å². The first kappa shape index (κ1) is 22.5. The minimum Gasteiger partial charge on any atom is -0.493 e. The average molecular weight is 474 g/mol. The Morgan fingerprint density at radius 2 is 1.91 bits per heavy atom. The topological polar surface area (TPSA) is 74.5 Å². The van der Waals surface area contributed by atoms with Crippen LogP contribution in [0.2, 0.25) is 0 Å². The van der Waals surface area contributed by atoms with Gasteiger partial charge in [-0.3, -0.25) is 9.59 Å². The van der Waals surface area contributed by atoms with Crippen LogP contribution in [0, 0.1) is 19.7 Å². The van der Waals surface area contributed by atoms with E-state index >= 15 is 0 Å². The second-order valence-electron chi connectivity index (χ2n) is 8.53.